The first-order valence-corrected chi connectivity index (χ1v) is 10.7. The van der Waals surface area contributed by atoms with Gasteiger partial charge in [0.2, 0.25) is 0 Å². The van der Waals surface area contributed by atoms with E-state index in [0.717, 1.165) is 4.68 Å². The normalized spacial score (nSPS) is 11.2. The summed E-state index contributed by atoms with van der Waals surface area (Å²) in [7, 11) is 1.45. The lowest BCUT2D eigenvalue weighted by atomic mass is 10.1. The van der Waals surface area contributed by atoms with Crippen molar-refractivity contribution in [3.63, 3.8) is 0 Å². The minimum Gasteiger partial charge on any atom is -0.466 e. The summed E-state index contributed by atoms with van der Waals surface area (Å²) in [6.45, 7) is 5.30. The molecule has 11 nitrogen and oxygen atoms in total. The van der Waals surface area contributed by atoms with Crippen LogP contribution < -0.4 is 16.4 Å². The zero-order chi connectivity index (χ0) is 24.9. The number of fused-ring (bicyclic) bond motifs is 2. The molecule has 0 aliphatic carbocycles. The summed E-state index contributed by atoms with van der Waals surface area (Å²) in [5, 5.41) is 9.13. The first-order valence-electron chi connectivity index (χ1n) is 10.7. The molecule has 0 radical (unpaired) electrons. The van der Waals surface area contributed by atoms with Gasteiger partial charge in [0.1, 0.15) is 11.5 Å². The Bertz CT molecular complexity index is 1710. The van der Waals surface area contributed by atoms with Crippen LogP contribution in [0.15, 0.2) is 50.1 Å². The predicted molar refractivity (Wildman–Crippen MR) is 126 cm³/mol. The van der Waals surface area contributed by atoms with Crippen LogP contribution in [0.1, 0.15) is 38.1 Å². The summed E-state index contributed by atoms with van der Waals surface area (Å²) >= 11 is 0. The number of furan rings is 1. The number of hydrogen-bond donors (Lipinski definition) is 2. The maximum Gasteiger partial charge on any atom is 0.290 e. The molecule has 176 valence electrons. The maximum atomic E-state index is 13.2. The molecule has 5 rings (SSSR count). The third-order valence-corrected chi connectivity index (χ3v) is 5.64. The lowest BCUT2D eigenvalue weighted by molar-refractivity contribution is 0.0844. The van der Waals surface area contributed by atoms with E-state index in [1.165, 1.54) is 7.05 Å². The van der Waals surface area contributed by atoms with Crippen LogP contribution in [0.5, 0.6) is 0 Å². The van der Waals surface area contributed by atoms with Crippen LogP contribution in [-0.4, -0.2) is 31.7 Å². The standard InChI is InChI=1S/C24H20N6O5/c1-11-9-16(13(3)34-11)18-10-17(19-12(2)29-35-23(19)25-18)21(31)26-27-22(32)20-14-7-5-6-8-15(14)24(33)30(4)28-20/h5-10H,1-4H3,(H,26,31)(H,27,32). The van der Waals surface area contributed by atoms with E-state index < -0.39 is 11.8 Å². The highest BCUT2D eigenvalue weighted by Crippen LogP contribution is 2.30. The van der Waals surface area contributed by atoms with Crippen LogP contribution in [0, 0.1) is 20.8 Å². The molecule has 0 spiro atoms. The van der Waals surface area contributed by atoms with E-state index in [4.69, 9.17) is 8.94 Å². The molecule has 1 aromatic carbocycles. The van der Waals surface area contributed by atoms with E-state index in [9.17, 15) is 14.4 Å². The van der Waals surface area contributed by atoms with Gasteiger partial charge in [-0.1, -0.05) is 23.4 Å². The average Bonchev–Trinajstić information content (AvgIpc) is 3.39. The molecular formula is C24H20N6O5. The Labute approximate surface area is 197 Å². The smallest absolute Gasteiger partial charge is 0.290 e. The zero-order valence-corrected chi connectivity index (χ0v) is 19.3. The fourth-order valence-corrected chi connectivity index (χ4v) is 4.00. The van der Waals surface area contributed by atoms with Crippen LogP contribution >= 0.6 is 0 Å². The van der Waals surface area contributed by atoms with E-state index in [1.807, 2.05) is 13.0 Å². The highest BCUT2D eigenvalue weighted by Gasteiger charge is 2.22. The van der Waals surface area contributed by atoms with Crippen LogP contribution in [-0.2, 0) is 7.05 Å². The number of aryl methyl sites for hydroxylation is 4. The lowest BCUT2D eigenvalue weighted by Gasteiger charge is -2.11. The van der Waals surface area contributed by atoms with Gasteiger partial charge in [0.25, 0.3) is 23.1 Å². The van der Waals surface area contributed by atoms with Gasteiger partial charge in [-0.05, 0) is 39.0 Å². The summed E-state index contributed by atoms with van der Waals surface area (Å²) in [5.41, 5.74) is 6.49. The SMILES string of the molecule is Cc1cc(-c2cc(C(=O)NNC(=O)c3nn(C)c(=O)c4ccccc34)c3c(C)noc3n2)c(C)o1. The number of nitrogens with zero attached hydrogens (tertiary/aromatic N) is 4. The topological polar surface area (TPSA) is 145 Å². The van der Waals surface area contributed by atoms with Crippen molar-refractivity contribution in [2.75, 3.05) is 0 Å². The molecule has 4 aromatic heterocycles. The van der Waals surface area contributed by atoms with Crippen molar-refractivity contribution in [1.29, 1.82) is 0 Å². The number of carbonyl (C=O) groups excluding carboxylic acids is 2. The van der Waals surface area contributed by atoms with Gasteiger partial charge in [-0.2, -0.15) is 5.10 Å². The van der Waals surface area contributed by atoms with Crippen LogP contribution in [0.25, 0.3) is 33.1 Å². The average molecular weight is 472 g/mol. The molecule has 4 heterocycles. The molecule has 0 aliphatic rings. The Kier molecular flexibility index (Phi) is 5.16. The fourth-order valence-electron chi connectivity index (χ4n) is 4.00. The van der Waals surface area contributed by atoms with Crippen molar-refractivity contribution in [1.82, 2.24) is 30.8 Å². The second-order valence-electron chi connectivity index (χ2n) is 8.06. The van der Waals surface area contributed by atoms with Gasteiger partial charge in [0.15, 0.2) is 5.69 Å². The molecular weight excluding hydrogens is 452 g/mol. The van der Waals surface area contributed by atoms with E-state index in [-0.39, 0.29) is 22.5 Å². The van der Waals surface area contributed by atoms with Crippen molar-refractivity contribution in [3.05, 3.63) is 75.2 Å². The third kappa shape index (κ3) is 3.72. The minimum absolute atomic E-state index is 0.00535. The quantitative estimate of drug-likeness (QED) is 0.381. The summed E-state index contributed by atoms with van der Waals surface area (Å²) in [5.74, 6) is 0.0469. The van der Waals surface area contributed by atoms with E-state index >= 15 is 0 Å². The number of amides is 2. The van der Waals surface area contributed by atoms with E-state index in [2.05, 4.69) is 26.1 Å². The second-order valence-corrected chi connectivity index (χ2v) is 8.06. The van der Waals surface area contributed by atoms with Crippen LogP contribution in [0.4, 0.5) is 0 Å². The largest absolute Gasteiger partial charge is 0.466 e. The molecule has 11 heteroatoms. The van der Waals surface area contributed by atoms with Gasteiger partial charge in [-0.25, -0.2) is 9.67 Å². The lowest BCUT2D eigenvalue weighted by Crippen LogP contribution is -2.42. The van der Waals surface area contributed by atoms with Crippen molar-refractivity contribution < 1.29 is 18.5 Å². The van der Waals surface area contributed by atoms with Gasteiger partial charge < -0.3 is 8.94 Å². The second kappa shape index (κ2) is 8.20. The summed E-state index contributed by atoms with van der Waals surface area (Å²) in [6.07, 6.45) is 0. The van der Waals surface area contributed by atoms with Crippen molar-refractivity contribution in [2.45, 2.75) is 20.8 Å². The molecule has 2 N–H and O–H groups in total. The van der Waals surface area contributed by atoms with Gasteiger partial charge in [0.05, 0.1) is 27.7 Å². The number of nitrogens with one attached hydrogen (secondary N) is 2. The highest BCUT2D eigenvalue weighted by atomic mass is 16.5. The number of pyridine rings is 1. The van der Waals surface area contributed by atoms with Gasteiger partial charge in [0, 0.05) is 18.0 Å². The third-order valence-electron chi connectivity index (χ3n) is 5.64. The number of hydrogen-bond acceptors (Lipinski definition) is 8. The Morgan fingerprint density at radius 1 is 1.00 bits per heavy atom. The van der Waals surface area contributed by atoms with Crippen molar-refractivity contribution in [3.8, 4) is 11.3 Å². The van der Waals surface area contributed by atoms with Gasteiger partial charge in [-0.15, -0.1) is 0 Å². The van der Waals surface area contributed by atoms with Crippen LogP contribution in [0.3, 0.4) is 0 Å². The maximum absolute atomic E-state index is 13.2. The molecule has 0 bridgehead atoms. The first kappa shape index (κ1) is 22.0. The molecule has 0 fully saturated rings. The zero-order valence-electron chi connectivity index (χ0n) is 19.3. The molecule has 0 aliphatic heterocycles. The number of aromatic nitrogens is 4. The van der Waals surface area contributed by atoms with Crippen LogP contribution in [0.2, 0.25) is 0 Å². The first-order chi connectivity index (χ1) is 16.7. The van der Waals surface area contributed by atoms with E-state index in [0.29, 0.717) is 44.6 Å². The number of carbonyl (C=O) groups is 2. The fraction of sp³-hybridized carbons (Fsp3) is 0.167. The number of rotatable bonds is 3. The summed E-state index contributed by atoms with van der Waals surface area (Å²) in [6, 6.07) is 10.0. The molecule has 35 heavy (non-hydrogen) atoms. The predicted octanol–water partition coefficient (Wildman–Crippen LogP) is 2.73. The summed E-state index contributed by atoms with van der Waals surface area (Å²) in [4.78, 5) is 42.9. The number of benzene rings is 1. The molecule has 5 aromatic rings. The summed E-state index contributed by atoms with van der Waals surface area (Å²) < 4.78 is 12.0. The van der Waals surface area contributed by atoms with Gasteiger partial charge in [-0.3, -0.25) is 25.2 Å². The molecule has 0 saturated carbocycles. The Morgan fingerprint density at radius 3 is 2.43 bits per heavy atom. The monoisotopic (exact) mass is 472 g/mol. The van der Waals surface area contributed by atoms with Crippen molar-refractivity contribution in [2.24, 2.45) is 7.05 Å². The molecule has 0 unspecified atom stereocenters. The Hall–Kier alpha value is -4.80. The molecule has 0 atom stereocenters. The minimum atomic E-state index is -0.681. The van der Waals surface area contributed by atoms with Crippen molar-refractivity contribution >= 4 is 33.7 Å². The van der Waals surface area contributed by atoms with E-state index in [1.54, 1.807) is 44.2 Å². The molecule has 2 amide bonds. The Balaban J connectivity index is 1.49. The highest BCUT2D eigenvalue weighted by molar-refractivity contribution is 6.09. The number of hydrazine groups is 1. The van der Waals surface area contributed by atoms with Gasteiger partial charge >= 0.3 is 0 Å². The molecule has 0 saturated heterocycles. The Morgan fingerprint density at radius 2 is 1.71 bits per heavy atom.